The predicted octanol–water partition coefficient (Wildman–Crippen LogP) is 4.58. The molecule has 0 aliphatic rings. The predicted molar refractivity (Wildman–Crippen MR) is 120 cm³/mol. The highest BCUT2D eigenvalue weighted by molar-refractivity contribution is 9.10. The normalized spacial score (nSPS) is 11.2. The Balaban J connectivity index is 1.84. The maximum atomic E-state index is 12.3. The fourth-order valence-electron chi connectivity index (χ4n) is 2.94. The topological polar surface area (TPSA) is 79.8 Å². The maximum absolute atomic E-state index is 12.3. The molecule has 2 aromatic carbocycles. The summed E-state index contributed by atoms with van der Waals surface area (Å²) in [6, 6.07) is 9.60. The molecule has 2 N–H and O–H groups in total. The summed E-state index contributed by atoms with van der Waals surface area (Å²) < 4.78 is 6.45. The zero-order valence-corrected chi connectivity index (χ0v) is 18.9. The first-order chi connectivity index (χ1) is 13.7. The minimum atomic E-state index is -0.391. The number of benzene rings is 2. The maximum Gasteiger partial charge on any atom is 0.277 e. The van der Waals surface area contributed by atoms with Crippen molar-refractivity contribution in [3.63, 3.8) is 0 Å². The lowest BCUT2D eigenvalue weighted by Gasteiger charge is -2.13. The van der Waals surface area contributed by atoms with Gasteiger partial charge in [-0.15, -0.1) is 0 Å². The molecule has 0 saturated carbocycles. The number of carbonyl (C=O) groups is 2. The number of anilines is 1. The van der Waals surface area contributed by atoms with Crippen molar-refractivity contribution in [3.05, 3.63) is 57.1 Å². The largest absolute Gasteiger partial charge is 0.483 e. The van der Waals surface area contributed by atoms with E-state index in [9.17, 15) is 9.59 Å². The summed E-state index contributed by atoms with van der Waals surface area (Å²) in [4.78, 5) is 24.2. The SMILES string of the molecule is CC(CC(=O)Nc1c(C)cc(C)cc1C)=NNC(=O)COc1ccc(Br)cc1C. The monoisotopic (exact) mass is 459 g/mol. The van der Waals surface area contributed by atoms with Gasteiger partial charge in [-0.25, -0.2) is 5.43 Å². The van der Waals surface area contributed by atoms with Crippen LogP contribution in [0.2, 0.25) is 0 Å². The highest BCUT2D eigenvalue weighted by Gasteiger charge is 2.10. The Morgan fingerprint density at radius 3 is 2.28 bits per heavy atom. The number of hydrogen-bond acceptors (Lipinski definition) is 4. The average molecular weight is 460 g/mol. The third-order valence-electron chi connectivity index (χ3n) is 4.23. The fourth-order valence-corrected chi connectivity index (χ4v) is 3.42. The van der Waals surface area contributed by atoms with E-state index in [4.69, 9.17) is 4.74 Å². The van der Waals surface area contributed by atoms with Gasteiger partial charge < -0.3 is 10.1 Å². The Kier molecular flexibility index (Phi) is 7.96. The molecule has 0 aliphatic heterocycles. The molecule has 2 aromatic rings. The van der Waals surface area contributed by atoms with Crippen LogP contribution in [0.25, 0.3) is 0 Å². The molecule has 0 saturated heterocycles. The van der Waals surface area contributed by atoms with Gasteiger partial charge in [-0.3, -0.25) is 9.59 Å². The summed E-state index contributed by atoms with van der Waals surface area (Å²) in [7, 11) is 0. The summed E-state index contributed by atoms with van der Waals surface area (Å²) in [6.45, 7) is 9.37. The number of amides is 2. The van der Waals surface area contributed by atoms with Gasteiger partial charge in [0.25, 0.3) is 5.91 Å². The van der Waals surface area contributed by atoms with Crippen molar-refractivity contribution in [1.82, 2.24) is 5.43 Å². The second kappa shape index (κ2) is 10.2. The Morgan fingerprint density at radius 1 is 1.00 bits per heavy atom. The van der Waals surface area contributed by atoms with Gasteiger partial charge in [-0.05, 0) is 69.5 Å². The number of hydrazone groups is 1. The molecule has 0 unspecified atom stereocenters. The summed E-state index contributed by atoms with van der Waals surface area (Å²) >= 11 is 3.38. The van der Waals surface area contributed by atoms with E-state index >= 15 is 0 Å². The molecule has 154 valence electrons. The van der Waals surface area contributed by atoms with E-state index in [2.05, 4.69) is 31.8 Å². The minimum absolute atomic E-state index is 0.0830. The van der Waals surface area contributed by atoms with Gasteiger partial charge in [0.05, 0.1) is 6.42 Å². The molecule has 0 bridgehead atoms. The zero-order chi connectivity index (χ0) is 21.6. The van der Waals surface area contributed by atoms with Gasteiger partial charge in [0.15, 0.2) is 6.61 Å². The van der Waals surface area contributed by atoms with Crippen LogP contribution in [0, 0.1) is 27.7 Å². The van der Waals surface area contributed by atoms with E-state index in [0.29, 0.717) is 11.5 Å². The molecule has 0 spiro atoms. The van der Waals surface area contributed by atoms with Gasteiger partial charge in [0.2, 0.25) is 5.91 Å². The van der Waals surface area contributed by atoms with Gasteiger partial charge in [0.1, 0.15) is 5.75 Å². The van der Waals surface area contributed by atoms with Crippen LogP contribution in [0.5, 0.6) is 5.75 Å². The summed E-state index contributed by atoms with van der Waals surface area (Å²) in [5.74, 6) is 0.0573. The lowest BCUT2D eigenvalue weighted by Crippen LogP contribution is -2.26. The van der Waals surface area contributed by atoms with Crippen molar-refractivity contribution >= 4 is 39.1 Å². The van der Waals surface area contributed by atoms with E-state index < -0.39 is 5.91 Å². The van der Waals surface area contributed by atoms with Crippen molar-refractivity contribution in [1.29, 1.82) is 0 Å². The molecule has 0 aromatic heterocycles. The number of ether oxygens (including phenoxy) is 1. The second-order valence-electron chi connectivity index (χ2n) is 7.08. The van der Waals surface area contributed by atoms with E-state index in [-0.39, 0.29) is 18.9 Å². The number of halogens is 1. The van der Waals surface area contributed by atoms with Crippen LogP contribution in [-0.2, 0) is 9.59 Å². The quantitative estimate of drug-likeness (QED) is 0.469. The van der Waals surface area contributed by atoms with E-state index in [1.165, 1.54) is 0 Å². The number of carbonyl (C=O) groups excluding carboxylic acids is 2. The van der Waals surface area contributed by atoms with Crippen LogP contribution in [0.3, 0.4) is 0 Å². The number of nitrogens with one attached hydrogen (secondary N) is 2. The highest BCUT2D eigenvalue weighted by Crippen LogP contribution is 2.23. The third-order valence-corrected chi connectivity index (χ3v) is 4.72. The highest BCUT2D eigenvalue weighted by atomic mass is 79.9. The van der Waals surface area contributed by atoms with Crippen LogP contribution >= 0.6 is 15.9 Å². The van der Waals surface area contributed by atoms with Crippen molar-refractivity contribution in [2.45, 2.75) is 41.0 Å². The van der Waals surface area contributed by atoms with Crippen LogP contribution in [-0.4, -0.2) is 24.1 Å². The molecule has 0 fully saturated rings. The van der Waals surface area contributed by atoms with Crippen LogP contribution < -0.4 is 15.5 Å². The second-order valence-corrected chi connectivity index (χ2v) is 7.99. The summed E-state index contributed by atoms with van der Waals surface area (Å²) in [6.07, 6.45) is 0.0830. The molecular weight excluding hydrogens is 434 g/mol. The average Bonchev–Trinajstić information content (AvgIpc) is 2.62. The van der Waals surface area contributed by atoms with E-state index in [1.807, 2.05) is 52.0 Å². The number of rotatable bonds is 7. The first-order valence-corrected chi connectivity index (χ1v) is 10.0. The molecule has 2 amide bonds. The summed E-state index contributed by atoms with van der Waals surface area (Å²) in [5.41, 5.74) is 7.83. The number of hydrogen-bond donors (Lipinski definition) is 2. The fraction of sp³-hybridized carbons (Fsp3) is 0.318. The van der Waals surface area contributed by atoms with Gasteiger partial charge >= 0.3 is 0 Å². The Hall–Kier alpha value is -2.67. The van der Waals surface area contributed by atoms with Crippen LogP contribution in [0.15, 0.2) is 39.9 Å². The van der Waals surface area contributed by atoms with Crippen molar-refractivity contribution in [2.75, 3.05) is 11.9 Å². The number of aryl methyl sites for hydroxylation is 4. The Bertz CT molecular complexity index is 931. The summed E-state index contributed by atoms with van der Waals surface area (Å²) in [5, 5.41) is 6.90. The Labute approximate surface area is 179 Å². The lowest BCUT2D eigenvalue weighted by molar-refractivity contribution is -0.123. The molecule has 29 heavy (non-hydrogen) atoms. The van der Waals surface area contributed by atoms with E-state index in [1.54, 1.807) is 13.0 Å². The molecule has 0 radical (unpaired) electrons. The molecule has 6 nitrogen and oxygen atoms in total. The van der Waals surface area contributed by atoms with E-state index in [0.717, 1.165) is 32.4 Å². The smallest absolute Gasteiger partial charge is 0.277 e. The van der Waals surface area contributed by atoms with Crippen LogP contribution in [0.4, 0.5) is 5.69 Å². The van der Waals surface area contributed by atoms with Gasteiger partial charge in [0, 0.05) is 15.9 Å². The molecule has 2 rings (SSSR count). The zero-order valence-electron chi connectivity index (χ0n) is 17.4. The first-order valence-electron chi connectivity index (χ1n) is 9.24. The molecular formula is C22H26BrN3O3. The molecule has 7 heteroatoms. The number of nitrogens with zero attached hydrogens (tertiary/aromatic N) is 1. The van der Waals surface area contributed by atoms with Gasteiger partial charge in [-0.1, -0.05) is 33.6 Å². The molecule has 0 aliphatic carbocycles. The standard InChI is InChI=1S/C22H26BrN3O3/c1-13-8-15(3)22(16(4)9-13)24-20(27)11-17(5)25-26-21(28)12-29-19-7-6-18(23)10-14(19)2/h6-10H,11-12H2,1-5H3,(H,24,27)(H,26,28). The Morgan fingerprint density at radius 2 is 1.66 bits per heavy atom. The van der Waals surface area contributed by atoms with Crippen molar-refractivity contribution in [2.24, 2.45) is 5.10 Å². The molecule has 0 atom stereocenters. The molecule has 0 heterocycles. The van der Waals surface area contributed by atoms with Crippen molar-refractivity contribution < 1.29 is 14.3 Å². The lowest BCUT2D eigenvalue weighted by atomic mass is 10.0. The third kappa shape index (κ3) is 7.02. The van der Waals surface area contributed by atoms with Crippen LogP contribution in [0.1, 0.15) is 35.6 Å². The minimum Gasteiger partial charge on any atom is -0.483 e. The van der Waals surface area contributed by atoms with Crippen molar-refractivity contribution in [3.8, 4) is 5.75 Å². The van der Waals surface area contributed by atoms with Gasteiger partial charge in [-0.2, -0.15) is 5.10 Å². The first kappa shape index (κ1) is 22.6.